The molecule has 1 aliphatic rings. The molecule has 0 N–H and O–H groups in total. The van der Waals surface area contributed by atoms with Crippen LogP contribution in [0.3, 0.4) is 0 Å². The van der Waals surface area contributed by atoms with E-state index >= 15 is 0 Å². The number of nitrogens with zero attached hydrogens (tertiary/aromatic N) is 2. The first-order valence-electron chi connectivity index (χ1n) is 2.49. The summed E-state index contributed by atoms with van der Waals surface area (Å²) in [6, 6.07) is 0. The molecular weight excluding hydrogens is 120 g/mol. The zero-order chi connectivity index (χ0) is 6.85. The molecule has 4 nitrogen and oxygen atoms in total. The van der Waals surface area contributed by atoms with Crippen molar-refractivity contribution < 1.29 is 9.63 Å². The third-order valence-corrected chi connectivity index (χ3v) is 1.03. The van der Waals surface area contributed by atoms with Crippen molar-refractivity contribution in [2.75, 3.05) is 7.05 Å². The average molecular weight is 126 g/mol. The van der Waals surface area contributed by atoms with Crippen molar-refractivity contribution in [3.05, 3.63) is 0 Å². The summed E-state index contributed by atoms with van der Waals surface area (Å²) in [5.74, 6) is -0.463. The summed E-state index contributed by atoms with van der Waals surface area (Å²) in [5, 5.41) is 3.41. The van der Waals surface area contributed by atoms with Gasteiger partial charge in [0.15, 0.2) is 5.71 Å². The molecule has 0 spiro atoms. The Morgan fingerprint density at radius 3 is 2.56 bits per heavy atom. The van der Waals surface area contributed by atoms with Gasteiger partial charge in [0.05, 0.1) is 0 Å². The molecule has 0 aromatic rings. The molecule has 0 aromatic carbocycles. The molecule has 0 aromatic heterocycles. The Kier molecular flexibility index (Phi) is 1.30. The van der Waals surface area contributed by atoms with Gasteiger partial charge in [0.2, 0.25) is 0 Å². The Bertz CT molecular complexity index is 205. The lowest BCUT2D eigenvalue weighted by Crippen LogP contribution is -2.14. The van der Waals surface area contributed by atoms with Crippen LogP contribution in [0.4, 0.5) is 0 Å². The van der Waals surface area contributed by atoms with E-state index < -0.39 is 5.97 Å². The quantitative estimate of drug-likeness (QED) is 0.428. The van der Waals surface area contributed by atoms with Gasteiger partial charge in [-0.3, -0.25) is 4.99 Å². The first-order valence-corrected chi connectivity index (χ1v) is 2.49. The molecule has 0 atom stereocenters. The largest absolute Gasteiger partial charge is 0.385 e. The maximum atomic E-state index is 10.5. The first kappa shape index (κ1) is 5.94. The highest BCUT2D eigenvalue weighted by Gasteiger charge is 2.22. The number of carbonyl (C=O) groups excluding carboxylic acids is 1. The van der Waals surface area contributed by atoms with E-state index in [0.29, 0.717) is 11.4 Å². The molecule has 1 rings (SSSR count). The van der Waals surface area contributed by atoms with Crippen LogP contribution in [0.2, 0.25) is 0 Å². The Labute approximate surface area is 52.2 Å². The van der Waals surface area contributed by atoms with Crippen LogP contribution in [0, 0.1) is 0 Å². The van der Waals surface area contributed by atoms with E-state index in [0.717, 1.165) is 0 Å². The second-order valence-corrected chi connectivity index (χ2v) is 1.63. The van der Waals surface area contributed by atoms with E-state index in [1.54, 1.807) is 6.92 Å². The lowest BCUT2D eigenvalue weighted by molar-refractivity contribution is -0.134. The van der Waals surface area contributed by atoms with Crippen LogP contribution in [0.5, 0.6) is 0 Å². The van der Waals surface area contributed by atoms with Gasteiger partial charge in [-0.05, 0) is 6.92 Å². The van der Waals surface area contributed by atoms with E-state index in [-0.39, 0.29) is 0 Å². The van der Waals surface area contributed by atoms with Crippen molar-refractivity contribution in [2.45, 2.75) is 6.92 Å². The molecule has 0 saturated carbocycles. The topological polar surface area (TPSA) is 51.0 Å². The van der Waals surface area contributed by atoms with Gasteiger partial charge in [-0.1, -0.05) is 5.16 Å². The maximum absolute atomic E-state index is 10.5. The molecule has 0 radical (unpaired) electrons. The summed E-state index contributed by atoms with van der Waals surface area (Å²) >= 11 is 0. The summed E-state index contributed by atoms with van der Waals surface area (Å²) < 4.78 is 0. The molecule has 0 saturated heterocycles. The van der Waals surface area contributed by atoms with Crippen molar-refractivity contribution >= 4 is 17.4 Å². The number of rotatable bonds is 0. The lowest BCUT2D eigenvalue weighted by Gasteiger charge is -1.83. The minimum absolute atomic E-state index is 0.315. The van der Waals surface area contributed by atoms with E-state index in [2.05, 4.69) is 15.0 Å². The normalized spacial score (nSPS) is 22.2. The summed E-state index contributed by atoms with van der Waals surface area (Å²) in [4.78, 5) is 18.5. The van der Waals surface area contributed by atoms with E-state index in [1.807, 2.05) is 0 Å². The van der Waals surface area contributed by atoms with Crippen LogP contribution in [-0.4, -0.2) is 24.4 Å². The van der Waals surface area contributed by atoms with E-state index in [4.69, 9.17) is 0 Å². The fraction of sp³-hybridized carbons (Fsp3) is 0.400. The predicted octanol–water partition coefficient (Wildman–Crippen LogP) is -0.0101. The number of hydrogen-bond acceptors (Lipinski definition) is 4. The Balaban J connectivity index is 2.93. The minimum atomic E-state index is -0.463. The zero-order valence-corrected chi connectivity index (χ0v) is 5.21. The van der Waals surface area contributed by atoms with Crippen molar-refractivity contribution in [3.8, 4) is 0 Å². The standard InChI is InChI=1S/C5H6N2O2/c1-3-4(6-2)5(8)9-7-3/h1-2H3. The maximum Gasteiger partial charge on any atom is 0.385 e. The van der Waals surface area contributed by atoms with Crippen LogP contribution < -0.4 is 0 Å². The zero-order valence-electron chi connectivity index (χ0n) is 5.21. The third kappa shape index (κ3) is 0.826. The number of hydrogen-bond donors (Lipinski definition) is 0. The van der Waals surface area contributed by atoms with Crippen LogP contribution in [-0.2, 0) is 9.63 Å². The highest BCUT2D eigenvalue weighted by atomic mass is 16.7. The van der Waals surface area contributed by atoms with Crippen LogP contribution in [0.15, 0.2) is 10.1 Å². The fourth-order valence-corrected chi connectivity index (χ4v) is 0.597. The van der Waals surface area contributed by atoms with E-state index in [9.17, 15) is 4.79 Å². The highest BCUT2D eigenvalue weighted by Crippen LogP contribution is 1.98. The Morgan fingerprint density at radius 1 is 1.67 bits per heavy atom. The van der Waals surface area contributed by atoms with Crippen LogP contribution in [0.1, 0.15) is 6.92 Å². The summed E-state index contributed by atoms with van der Waals surface area (Å²) in [6.07, 6.45) is 0. The van der Waals surface area contributed by atoms with Gasteiger partial charge in [-0.15, -0.1) is 0 Å². The van der Waals surface area contributed by atoms with Crippen molar-refractivity contribution in [1.29, 1.82) is 0 Å². The molecule has 1 aliphatic heterocycles. The van der Waals surface area contributed by atoms with Gasteiger partial charge in [-0.2, -0.15) is 0 Å². The molecule has 0 fully saturated rings. The minimum Gasteiger partial charge on any atom is -0.311 e. The fourth-order valence-electron chi connectivity index (χ4n) is 0.597. The highest BCUT2D eigenvalue weighted by molar-refractivity contribution is 6.66. The first-order chi connectivity index (χ1) is 4.25. The predicted molar refractivity (Wildman–Crippen MR) is 32.6 cm³/mol. The molecule has 48 valence electrons. The summed E-state index contributed by atoms with van der Waals surface area (Å²) in [7, 11) is 1.53. The van der Waals surface area contributed by atoms with Gasteiger partial charge >= 0.3 is 5.97 Å². The Hall–Kier alpha value is -1.19. The molecule has 4 heteroatoms. The van der Waals surface area contributed by atoms with Gasteiger partial charge in [-0.25, -0.2) is 4.79 Å². The van der Waals surface area contributed by atoms with Crippen LogP contribution >= 0.6 is 0 Å². The van der Waals surface area contributed by atoms with Crippen molar-refractivity contribution in [2.24, 2.45) is 10.1 Å². The van der Waals surface area contributed by atoms with Crippen LogP contribution in [0.25, 0.3) is 0 Å². The molecule has 0 unspecified atom stereocenters. The van der Waals surface area contributed by atoms with Gasteiger partial charge < -0.3 is 4.84 Å². The lowest BCUT2D eigenvalue weighted by atomic mass is 10.3. The number of aliphatic imine (C=N–C) groups is 1. The second-order valence-electron chi connectivity index (χ2n) is 1.63. The van der Waals surface area contributed by atoms with Crippen molar-refractivity contribution in [3.63, 3.8) is 0 Å². The molecule has 9 heavy (non-hydrogen) atoms. The van der Waals surface area contributed by atoms with E-state index in [1.165, 1.54) is 7.05 Å². The average Bonchev–Trinajstić information content (AvgIpc) is 2.12. The molecular formula is C5H6N2O2. The van der Waals surface area contributed by atoms with Crippen molar-refractivity contribution in [1.82, 2.24) is 0 Å². The van der Waals surface area contributed by atoms with Gasteiger partial charge in [0, 0.05) is 7.05 Å². The molecule has 0 aliphatic carbocycles. The third-order valence-electron chi connectivity index (χ3n) is 1.03. The Morgan fingerprint density at radius 2 is 2.33 bits per heavy atom. The molecule has 1 heterocycles. The molecule has 0 bridgehead atoms. The monoisotopic (exact) mass is 126 g/mol. The smallest absolute Gasteiger partial charge is 0.311 e. The van der Waals surface area contributed by atoms with Gasteiger partial charge in [0.25, 0.3) is 0 Å². The molecule has 0 amide bonds. The SMILES string of the molecule is CN=C1C(=O)ON=C1C. The number of carbonyl (C=O) groups is 1. The number of oxime groups is 1. The second kappa shape index (κ2) is 1.97. The van der Waals surface area contributed by atoms with Gasteiger partial charge in [0.1, 0.15) is 5.71 Å². The summed E-state index contributed by atoms with van der Waals surface area (Å²) in [6.45, 7) is 1.67. The summed E-state index contributed by atoms with van der Waals surface area (Å²) in [5.41, 5.74) is 0.859.